The molecule has 5 nitrogen and oxygen atoms in total. The van der Waals surface area contributed by atoms with E-state index < -0.39 is 5.79 Å². The number of hydrogen-bond donors (Lipinski definition) is 0. The molecule has 34 heavy (non-hydrogen) atoms. The average molecular weight is 473 g/mol. The van der Waals surface area contributed by atoms with E-state index in [0.717, 1.165) is 44.9 Å². The van der Waals surface area contributed by atoms with Crippen molar-refractivity contribution in [2.75, 3.05) is 13.7 Å². The lowest BCUT2D eigenvalue weighted by molar-refractivity contribution is -0.280. The van der Waals surface area contributed by atoms with Crippen LogP contribution in [-0.4, -0.2) is 37.4 Å². The van der Waals surface area contributed by atoms with Crippen LogP contribution >= 0.6 is 0 Å². The number of fused-ring (bicyclic) bond motifs is 5. The Labute approximate surface area is 205 Å². The monoisotopic (exact) mass is 472 g/mol. The molecule has 0 radical (unpaired) electrons. The van der Waals surface area contributed by atoms with Crippen LogP contribution in [-0.2, 0) is 23.8 Å². The van der Waals surface area contributed by atoms with E-state index in [1.54, 1.807) is 0 Å². The van der Waals surface area contributed by atoms with Gasteiger partial charge in [-0.2, -0.15) is 0 Å². The molecular weight excluding hydrogens is 428 g/mol. The maximum atomic E-state index is 12.4. The van der Waals surface area contributed by atoms with Gasteiger partial charge in [-0.15, -0.1) is 0 Å². The van der Waals surface area contributed by atoms with Crippen molar-refractivity contribution in [3.8, 4) is 0 Å². The molecule has 0 aromatic rings. The molecule has 0 saturated heterocycles. The summed E-state index contributed by atoms with van der Waals surface area (Å²) in [7, 11) is 1.83. The van der Waals surface area contributed by atoms with E-state index >= 15 is 0 Å². The average Bonchev–Trinajstić information content (AvgIpc) is 3.15. The molecule has 5 aliphatic carbocycles. The summed E-state index contributed by atoms with van der Waals surface area (Å²) in [6, 6.07) is 0. The molecule has 5 aliphatic rings. The van der Waals surface area contributed by atoms with Gasteiger partial charge in [0.15, 0.2) is 11.6 Å². The SMILES string of the molecule is COC1(O[C@H]2CC[C@H]3[C@@H]4C[C@H](C)C5=CC(=O)CC[C@]5(COC(C)=O)[C@H]4CC[C@]23C)CCCCC1. The summed E-state index contributed by atoms with van der Waals surface area (Å²) in [5.41, 5.74) is 1.26. The van der Waals surface area contributed by atoms with Gasteiger partial charge in [0, 0.05) is 38.7 Å². The van der Waals surface area contributed by atoms with Gasteiger partial charge in [0.2, 0.25) is 0 Å². The predicted octanol–water partition coefficient (Wildman–Crippen LogP) is 6.00. The second kappa shape index (κ2) is 9.03. The molecular formula is C29H44O5. The number of carbonyl (C=O) groups is 2. The van der Waals surface area contributed by atoms with E-state index in [0.29, 0.717) is 36.7 Å². The van der Waals surface area contributed by atoms with E-state index in [2.05, 4.69) is 13.8 Å². The molecule has 0 heterocycles. The Morgan fingerprint density at radius 3 is 2.53 bits per heavy atom. The molecule has 0 aromatic heterocycles. The fraction of sp³-hybridized carbons (Fsp3) is 0.862. The maximum absolute atomic E-state index is 12.4. The smallest absolute Gasteiger partial charge is 0.302 e. The van der Waals surface area contributed by atoms with Gasteiger partial charge in [0.05, 0.1) is 6.10 Å². The van der Waals surface area contributed by atoms with E-state index in [1.165, 1.54) is 38.2 Å². The zero-order chi connectivity index (χ0) is 24.1. The van der Waals surface area contributed by atoms with Crippen LogP contribution in [0, 0.1) is 34.5 Å². The van der Waals surface area contributed by atoms with E-state index in [4.69, 9.17) is 14.2 Å². The number of hydrogen-bond acceptors (Lipinski definition) is 5. The van der Waals surface area contributed by atoms with Gasteiger partial charge in [-0.05, 0) is 86.5 Å². The molecule has 0 amide bonds. The highest BCUT2D eigenvalue weighted by Crippen LogP contribution is 2.67. The fourth-order valence-corrected chi connectivity index (χ4v) is 9.11. The number of methoxy groups -OCH3 is 1. The Hall–Kier alpha value is -1.20. The summed E-state index contributed by atoms with van der Waals surface area (Å²) in [6.45, 7) is 6.71. The fourth-order valence-electron chi connectivity index (χ4n) is 9.11. The third kappa shape index (κ3) is 3.89. The van der Waals surface area contributed by atoms with Crippen molar-refractivity contribution in [2.45, 2.75) is 110 Å². The summed E-state index contributed by atoms with van der Waals surface area (Å²) in [4.78, 5) is 24.3. The molecule has 190 valence electrons. The second-order valence-corrected chi connectivity index (χ2v) is 12.4. The number of carbonyl (C=O) groups excluding carboxylic acids is 2. The summed E-state index contributed by atoms with van der Waals surface area (Å²) in [5, 5.41) is 0. The standard InChI is InChI=1S/C29H44O5/c1-19-16-22-23-8-9-26(34-29(32-4)12-6-5-7-13-29)27(23,3)14-11-24(22)28(18-33-20(2)30)15-10-21(31)17-25(19)28/h17,19,22-24,26H,5-16,18H2,1-4H3/t19-,22-,23-,24-,26-,27-,28-/m0/s1. The molecule has 0 bridgehead atoms. The van der Waals surface area contributed by atoms with Crippen molar-refractivity contribution >= 4 is 11.8 Å². The zero-order valence-electron chi connectivity index (χ0n) is 21.7. The Balaban J connectivity index is 1.43. The lowest BCUT2D eigenvalue weighted by Gasteiger charge is -2.60. The Morgan fingerprint density at radius 1 is 1.06 bits per heavy atom. The van der Waals surface area contributed by atoms with Crippen LogP contribution in [0.25, 0.3) is 0 Å². The van der Waals surface area contributed by atoms with Crippen molar-refractivity contribution in [1.82, 2.24) is 0 Å². The highest BCUT2D eigenvalue weighted by atomic mass is 16.7. The van der Waals surface area contributed by atoms with Crippen LogP contribution < -0.4 is 0 Å². The first-order chi connectivity index (χ1) is 16.2. The molecule has 0 aromatic carbocycles. The molecule has 4 fully saturated rings. The minimum absolute atomic E-state index is 0.165. The van der Waals surface area contributed by atoms with Crippen molar-refractivity contribution in [3.05, 3.63) is 11.6 Å². The third-order valence-corrected chi connectivity index (χ3v) is 10.8. The van der Waals surface area contributed by atoms with Gasteiger partial charge in [-0.1, -0.05) is 25.8 Å². The van der Waals surface area contributed by atoms with Crippen LogP contribution in [0.1, 0.15) is 97.8 Å². The Kier molecular flexibility index (Phi) is 6.50. The summed E-state index contributed by atoms with van der Waals surface area (Å²) in [5.74, 6) is 1.67. The first-order valence-electron chi connectivity index (χ1n) is 13.8. The van der Waals surface area contributed by atoms with Crippen molar-refractivity contribution < 1.29 is 23.8 Å². The van der Waals surface area contributed by atoms with Crippen molar-refractivity contribution in [1.29, 1.82) is 0 Å². The number of ether oxygens (including phenoxy) is 3. The van der Waals surface area contributed by atoms with Crippen LogP contribution in [0.3, 0.4) is 0 Å². The molecule has 0 aliphatic heterocycles. The normalized spacial score (nSPS) is 43.4. The van der Waals surface area contributed by atoms with E-state index in [9.17, 15) is 9.59 Å². The van der Waals surface area contributed by atoms with Crippen LogP contribution in [0.15, 0.2) is 11.6 Å². The van der Waals surface area contributed by atoms with Gasteiger partial charge >= 0.3 is 5.97 Å². The predicted molar refractivity (Wildman–Crippen MR) is 130 cm³/mol. The van der Waals surface area contributed by atoms with Crippen LogP contribution in [0.4, 0.5) is 0 Å². The summed E-state index contributed by atoms with van der Waals surface area (Å²) < 4.78 is 18.7. The number of ketones is 1. The van der Waals surface area contributed by atoms with Crippen molar-refractivity contribution in [3.63, 3.8) is 0 Å². The minimum atomic E-state index is -0.395. The molecule has 4 saturated carbocycles. The maximum Gasteiger partial charge on any atom is 0.302 e. The largest absolute Gasteiger partial charge is 0.465 e. The first-order valence-corrected chi connectivity index (χ1v) is 13.8. The molecule has 5 rings (SSSR count). The van der Waals surface area contributed by atoms with Gasteiger partial charge in [-0.25, -0.2) is 0 Å². The van der Waals surface area contributed by atoms with E-state index in [1.807, 2.05) is 13.2 Å². The highest BCUT2D eigenvalue weighted by molar-refractivity contribution is 5.91. The molecule has 0 unspecified atom stereocenters. The second-order valence-electron chi connectivity index (χ2n) is 12.4. The molecule has 7 atom stereocenters. The topological polar surface area (TPSA) is 61.8 Å². The van der Waals surface area contributed by atoms with Gasteiger partial charge in [-0.3, -0.25) is 9.59 Å². The minimum Gasteiger partial charge on any atom is -0.465 e. The van der Waals surface area contributed by atoms with Crippen LogP contribution in [0.2, 0.25) is 0 Å². The molecule has 5 heteroatoms. The highest BCUT2D eigenvalue weighted by Gasteiger charge is 2.62. The quantitative estimate of drug-likeness (QED) is 0.363. The van der Waals surface area contributed by atoms with E-state index in [-0.39, 0.29) is 28.7 Å². The van der Waals surface area contributed by atoms with Crippen molar-refractivity contribution in [2.24, 2.45) is 34.5 Å². The van der Waals surface area contributed by atoms with Gasteiger partial charge in [0.25, 0.3) is 0 Å². The van der Waals surface area contributed by atoms with Gasteiger partial charge in [0.1, 0.15) is 6.61 Å². The lowest BCUT2D eigenvalue weighted by atomic mass is 9.45. The lowest BCUT2D eigenvalue weighted by Crippen LogP contribution is -2.56. The zero-order valence-corrected chi connectivity index (χ0v) is 21.7. The molecule has 0 spiro atoms. The Bertz CT molecular complexity index is 841. The summed E-state index contributed by atoms with van der Waals surface area (Å²) in [6.07, 6.45) is 15.0. The number of rotatable bonds is 5. The van der Waals surface area contributed by atoms with Gasteiger partial charge < -0.3 is 14.2 Å². The third-order valence-electron chi connectivity index (χ3n) is 10.8. The first kappa shape index (κ1) is 24.5. The number of esters is 1. The van der Waals surface area contributed by atoms with Crippen LogP contribution in [0.5, 0.6) is 0 Å². The summed E-state index contributed by atoms with van der Waals surface area (Å²) >= 11 is 0. The Morgan fingerprint density at radius 2 is 1.82 bits per heavy atom. The molecule has 0 N–H and O–H groups in total.